The zero-order chi connectivity index (χ0) is 7.89. The van der Waals surface area contributed by atoms with Crippen LogP contribution in [0.3, 0.4) is 0 Å². The van der Waals surface area contributed by atoms with Crippen molar-refractivity contribution in [3.05, 3.63) is 11.3 Å². The van der Waals surface area contributed by atoms with Gasteiger partial charge in [-0.25, -0.2) is 0 Å². The Hall–Kier alpha value is -1.12. The Morgan fingerprint density at radius 1 is 1.30 bits per heavy atom. The smallest absolute Gasteiger partial charge is 0.0633 e. The van der Waals surface area contributed by atoms with E-state index in [9.17, 15) is 0 Å². The van der Waals surface area contributed by atoms with E-state index in [1.54, 1.807) is 6.92 Å². The molecule has 0 aromatic carbocycles. The van der Waals surface area contributed by atoms with E-state index in [4.69, 9.17) is 16.6 Å². The lowest BCUT2D eigenvalue weighted by atomic mass is 10.1. The van der Waals surface area contributed by atoms with E-state index in [0.717, 1.165) is 5.57 Å². The molecule has 1 aliphatic carbocycles. The summed E-state index contributed by atoms with van der Waals surface area (Å²) in [7, 11) is 0. The summed E-state index contributed by atoms with van der Waals surface area (Å²) in [4.78, 5) is 0. The fraction of sp³-hybridized carbons (Fsp3) is 0.429. The summed E-state index contributed by atoms with van der Waals surface area (Å²) in [5, 5.41) is 14.8. The maximum Gasteiger partial charge on any atom is 0.0633 e. The summed E-state index contributed by atoms with van der Waals surface area (Å²) in [6.45, 7) is 3.61. The van der Waals surface area contributed by atoms with Crippen LogP contribution in [0.4, 0.5) is 0 Å². The highest BCUT2D eigenvalue weighted by molar-refractivity contribution is 6.25. The van der Waals surface area contributed by atoms with Crippen molar-refractivity contribution in [2.75, 3.05) is 0 Å². The quantitative estimate of drug-likeness (QED) is 0.456. The van der Waals surface area contributed by atoms with Crippen LogP contribution < -0.4 is 5.73 Å². The summed E-state index contributed by atoms with van der Waals surface area (Å²) in [6, 6.07) is 0. The Morgan fingerprint density at radius 2 is 1.80 bits per heavy atom. The highest BCUT2D eigenvalue weighted by atomic mass is 14.7. The number of hydrogen-bond acceptors (Lipinski definition) is 3. The van der Waals surface area contributed by atoms with E-state index in [-0.39, 0.29) is 5.92 Å². The van der Waals surface area contributed by atoms with E-state index in [1.807, 2.05) is 6.92 Å². The van der Waals surface area contributed by atoms with Gasteiger partial charge >= 0.3 is 0 Å². The predicted molar refractivity (Wildman–Crippen MR) is 41.5 cm³/mol. The van der Waals surface area contributed by atoms with Gasteiger partial charge in [-0.05, 0) is 12.5 Å². The molecule has 0 spiro atoms. The van der Waals surface area contributed by atoms with Gasteiger partial charge < -0.3 is 16.6 Å². The molecule has 1 atom stereocenters. The van der Waals surface area contributed by atoms with Gasteiger partial charge in [0, 0.05) is 11.6 Å². The van der Waals surface area contributed by atoms with Gasteiger partial charge in [0.2, 0.25) is 0 Å². The lowest BCUT2D eigenvalue weighted by Gasteiger charge is -2.00. The van der Waals surface area contributed by atoms with Gasteiger partial charge in [0.15, 0.2) is 0 Å². The summed E-state index contributed by atoms with van der Waals surface area (Å²) in [5.74, 6) is -0.0972. The molecule has 0 aliphatic heterocycles. The summed E-state index contributed by atoms with van der Waals surface area (Å²) < 4.78 is 0. The van der Waals surface area contributed by atoms with Crippen molar-refractivity contribution in [2.24, 2.45) is 11.7 Å². The summed E-state index contributed by atoms with van der Waals surface area (Å²) in [6.07, 6.45) is 0. The Kier molecular flexibility index (Phi) is 1.35. The molecule has 0 saturated carbocycles. The lowest BCUT2D eigenvalue weighted by Crippen LogP contribution is -2.14. The number of nitrogens with one attached hydrogen (secondary N) is 2. The van der Waals surface area contributed by atoms with Gasteiger partial charge in [0.1, 0.15) is 0 Å². The van der Waals surface area contributed by atoms with Crippen LogP contribution in [0, 0.1) is 16.7 Å². The number of rotatable bonds is 0. The number of hydrogen-bond donors (Lipinski definition) is 3. The van der Waals surface area contributed by atoms with Gasteiger partial charge in [0.25, 0.3) is 0 Å². The molecule has 1 aliphatic rings. The van der Waals surface area contributed by atoms with E-state index in [1.165, 1.54) is 0 Å². The molecule has 0 fully saturated rings. The molecule has 0 saturated heterocycles. The van der Waals surface area contributed by atoms with Crippen molar-refractivity contribution in [2.45, 2.75) is 13.8 Å². The van der Waals surface area contributed by atoms with E-state index >= 15 is 0 Å². The van der Waals surface area contributed by atoms with Gasteiger partial charge in [-0.2, -0.15) is 0 Å². The van der Waals surface area contributed by atoms with Gasteiger partial charge in [-0.15, -0.1) is 0 Å². The third-order valence-electron chi connectivity index (χ3n) is 1.96. The first-order valence-corrected chi connectivity index (χ1v) is 3.19. The molecular weight excluding hydrogens is 126 g/mol. The maximum absolute atomic E-state index is 7.44. The standard InChI is InChI=1S/C7H11N3/c1-3-5(8)4(2)7(10)6(3)9/h3,8-9H,10H2,1-2H3/t3-/m0/s1. The molecule has 3 nitrogen and oxygen atoms in total. The van der Waals surface area contributed by atoms with Gasteiger partial charge in [-0.1, -0.05) is 6.92 Å². The molecule has 4 N–H and O–H groups in total. The Balaban J connectivity index is 3.11. The van der Waals surface area contributed by atoms with Crippen molar-refractivity contribution >= 4 is 11.4 Å². The highest BCUT2D eigenvalue weighted by Crippen LogP contribution is 2.20. The van der Waals surface area contributed by atoms with Crippen LogP contribution in [-0.4, -0.2) is 11.4 Å². The average molecular weight is 137 g/mol. The number of nitrogens with two attached hydrogens (primary N) is 1. The van der Waals surface area contributed by atoms with Gasteiger partial charge in [-0.3, -0.25) is 0 Å². The minimum absolute atomic E-state index is 0.0972. The van der Waals surface area contributed by atoms with Crippen molar-refractivity contribution in [3.63, 3.8) is 0 Å². The van der Waals surface area contributed by atoms with Crippen LogP contribution in [0.25, 0.3) is 0 Å². The molecule has 0 aromatic heterocycles. The van der Waals surface area contributed by atoms with Crippen LogP contribution in [-0.2, 0) is 0 Å². The Bertz CT molecular complexity index is 213. The van der Waals surface area contributed by atoms with Crippen LogP contribution in [0.5, 0.6) is 0 Å². The minimum atomic E-state index is -0.0972. The maximum atomic E-state index is 7.44. The molecule has 54 valence electrons. The van der Waals surface area contributed by atoms with Crippen LogP contribution >= 0.6 is 0 Å². The highest BCUT2D eigenvalue weighted by Gasteiger charge is 2.27. The normalized spacial score (nSPS) is 26.4. The van der Waals surface area contributed by atoms with E-state index < -0.39 is 0 Å². The van der Waals surface area contributed by atoms with E-state index in [2.05, 4.69) is 0 Å². The van der Waals surface area contributed by atoms with Crippen molar-refractivity contribution in [3.8, 4) is 0 Å². The first kappa shape index (κ1) is 6.99. The van der Waals surface area contributed by atoms with Gasteiger partial charge in [0.05, 0.1) is 11.4 Å². The lowest BCUT2D eigenvalue weighted by molar-refractivity contribution is 1.05. The number of allylic oxidation sites excluding steroid dienone is 2. The fourth-order valence-corrected chi connectivity index (χ4v) is 1.05. The summed E-state index contributed by atoms with van der Waals surface area (Å²) >= 11 is 0. The zero-order valence-electron chi connectivity index (χ0n) is 6.15. The van der Waals surface area contributed by atoms with E-state index in [0.29, 0.717) is 17.1 Å². The zero-order valence-corrected chi connectivity index (χ0v) is 6.15. The molecule has 3 heteroatoms. The average Bonchev–Trinajstić information content (AvgIpc) is 2.07. The molecule has 0 bridgehead atoms. The first-order valence-electron chi connectivity index (χ1n) is 3.19. The fourth-order valence-electron chi connectivity index (χ4n) is 1.05. The molecule has 0 heterocycles. The molecule has 0 radical (unpaired) electrons. The first-order chi connectivity index (χ1) is 4.55. The Morgan fingerprint density at radius 3 is 1.90 bits per heavy atom. The second kappa shape index (κ2) is 1.94. The second-order valence-corrected chi connectivity index (χ2v) is 2.59. The molecule has 0 aromatic rings. The molecule has 0 unspecified atom stereocenters. The topological polar surface area (TPSA) is 73.7 Å². The third-order valence-corrected chi connectivity index (χ3v) is 1.96. The van der Waals surface area contributed by atoms with Crippen LogP contribution in [0.15, 0.2) is 11.3 Å². The van der Waals surface area contributed by atoms with Crippen molar-refractivity contribution in [1.82, 2.24) is 0 Å². The largest absolute Gasteiger partial charge is 0.397 e. The molecule has 1 rings (SSSR count). The minimum Gasteiger partial charge on any atom is -0.397 e. The van der Waals surface area contributed by atoms with Crippen LogP contribution in [0.1, 0.15) is 13.8 Å². The SMILES string of the molecule is CC1=C(N)C(=N)[C@@H](C)C1=N. The molecular formula is C7H11N3. The van der Waals surface area contributed by atoms with Crippen molar-refractivity contribution < 1.29 is 0 Å². The van der Waals surface area contributed by atoms with Crippen LogP contribution in [0.2, 0.25) is 0 Å². The molecule has 0 amide bonds. The monoisotopic (exact) mass is 137 g/mol. The van der Waals surface area contributed by atoms with Crippen molar-refractivity contribution in [1.29, 1.82) is 10.8 Å². The molecule has 10 heavy (non-hydrogen) atoms. The summed E-state index contributed by atoms with van der Waals surface area (Å²) in [5.41, 5.74) is 7.64. The third kappa shape index (κ3) is 0.667. The second-order valence-electron chi connectivity index (χ2n) is 2.59. The Labute approximate surface area is 59.9 Å². The predicted octanol–water partition coefficient (Wildman–Crippen LogP) is 0.908.